The van der Waals surface area contributed by atoms with Gasteiger partial charge in [-0.1, -0.05) is 13.0 Å². The summed E-state index contributed by atoms with van der Waals surface area (Å²) in [4.78, 5) is 16.3. The van der Waals surface area contributed by atoms with Crippen LogP contribution in [0.15, 0.2) is 34.9 Å². The maximum Gasteiger partial charge on any atom is 0.333 e. The van der Waals surface area contributed by atoms with Crippen LogP contribution in [0.5, 0.6) is 0 Å². The van der Waals surface area contributed by atoms with Gasteiger partial charge in [-0.15, -0.1) is 11.8 Å². The average molecular weight is 252 g/mol. The molecule has 5 heteroatoms. The number of hydrogen-bond acceptors (Lipinski definition) is 5. The molecule has 0 saturated carbocycles. The van der Waals surface area contributed by atoms with E-state index in [2.05, 4.69) is 9.72 Å². The average Bonchev–Trinajstić information content (AvgIpc) is 2.36. The van der Waals surface area contributed by atoms with E-state index in [1.165, 1.54) is 7.11 Å². The van der Waals surface area contributed by atoms with E-state index in [1.807, 2.05) is 19.1 Å². The van der Waals surface area contributed by atoms with Gasteiger partial charge in [0.2, 0.25) is 0 Å². The van der Waals surface area contributed by atoms with Crippen molar-refractivity contribution in [1.82, 2.24) is 4.98 Å². The van der Waals surface area contributed by atoms with Crippen LogP contribution in [0.4, 0.5) is 5.82 Å². The van der Waals surface area contributed by atoms with Crippen LogP contribution in [0.3, 0.4) is 0 Å². The second kappa shape index (κ2) is 6.96. The zero-order valence-electron chi connectivity index (χ0n) is 9.97. The summed E-state index contributed by atoms with van der Waals surface area (Å²) in [6.45, 7) is 1.93. The minimum absolute atomic E-state index is 0.261. The highest BCUT2D eigenvalue weighted by molar-refractivity contribution is 7.99. The van der Waals surface area contributed by atoms with Gasteiger partial charge >= 0.3 is 5.97 Å². The summed E-state index contributed by atoms with van der Waals surface area (Å²) in [5, 5.41) is 0. The third-order valence-electron chi connectivity index (χ3n) is 2.17. The number of nitrogens with two attached hydrogens (primary N) is 1. The number of nitrogens with zero attached hydrogens (tertiary/aromatic N) is 1. The van der Waals surface area contributed by atoms with E-state index in [0.29, 0.717) is 23.6 Å². The van der Waals surface area contributed by atoms with Crippen LogP contribution in [0.25, 0.3) is 0 Å². The standard InChI is InChI=1S/C12H16N2O2S/c1-3-9(12(15)16-2)6-7-17-10-4-5-11(13)14-8-10/h4-6,8H,3,7H2,1-2H3,(H2,13,14). The van der Waals surface area contributed by atoms with Gasteiger partial charge in [0, 0.05) is 22.4 Å². The van der Waals surface area contributed by atoms with Gasteiger partial charge in [0.25, 0.3) is 0 Å². The van der Waals surface area contributed by atoms with E-state index >= 15 is 0 Å². The Labute approximate surface area is 105 Å². The van der Waals surface area contributed by atoms with Gasteiger partial charge in [0.15, 0.2) is 0 Å². The van der Waals surface area contributed by atoms with Crippen molar-refractivity contribution in [1.29, 1.82) is 0 Å². The molecule has 0 spiro atoms. The summed E-state index contributed by atoms with van der Waals surface area (Å²) in [5.41, 5.74) is 6.19. The van der Waals surface area contributed by atoms with E-state index in [-0.39, 0.29) is 5.97 Å². The number of hydrogen-bond donors (Lipinski definition) is 1. The lowest BCUT2D eigenvalue weighted by molar-refractivity contribution is -0.136. The van der Waals surface area contributed by atoms with E-state index in [1.54, 1.807) is 24.0 Å². The molecule has 4 nitrogen and oxygen atoms in total. The predicted octanol–water partition coefficient (Wildman–Crippen LogP) is 2.27. The Morgan fingerprint density at radius 1 is 1.59 bits per heavy atom. The van der Waals surface area contributed by atoms with Crippen molar-refractivity contribution in [2.24, 2.45) is 0 Å². The van der Waals surface area contributed by atoms with Gasteiger partial charge in [-0.25, -0.2) is 9.78 Å². The van der Waals surface area contributed by atoms with Crippen molar-refractivity contribution < 1.29 is 9.53 Å². The molecule has 1 heterocycles. The molecule has 0 bridgehead atoms. The Balaban J connectivity index is 2.53. The number of esters is 1. The molecule has 0 unspecified atom stereocenters. The summed E-state index contributed by atoms with van der Waals surface area (Å²) >= 11 is 1.60. The highest BCUT2D eigenvalue weighted by atomic mass is 32.2. The second-order valence-corrected chi connectivity index (χ2v) is 4.40. The van der Waals surface area contributed by atoms with Crippen LogP contribution in [0.2, 0.25) is 0 Å². The SMILES string of the molecule is CCC(=CCSc1ccc(N)nc1)C(=O)OC. The van der Waals surface area contributed by atoms with Gasteiger partial charge in [0.05, 0.1) is 7.11 Å². The fraction of sp³-hybridized carbons (Fsp3) is 0.333. The maximum absolute atomic E-state index is 11.3. The molecule has 0 aliphatic carbocycles. The Kier molecular flexibility index (Phi) is 5.56. The Morgan fingerprint density at radius 3 is 2.88 bits per heavy atom. The number of nitrogen functional groups attached to an aromatic ring is 1. The molecule has 92 valence electrons. The first-order valence-corrected chi connectivity index (χ1v) is 6.27. The van der Waals surface area contributed by atoms with Crippen molar-refractivity contribution in [3.05, 3.63) is 30.0 Å². The van der Waals surface area contributed by atoms with Crippen molar-refractivity contribution in [2.75, 3.05) is 18.6 Å². The molecule has 1 aromatic heterocycles. The Hall–Kier alpha value is -1.49. The fourth-order valence-corrected chi connectivity index (χ4v) is 1.99. The second-order valence-electron chi connectivity index (χ2n) is 3.30. The minimum Gasteiger partial charge on any atom is -0.466 e. The van der Waals surface area contributed by atoms with Crippen LogP contribution in [0.1, 0.15) is 13.3 Å². The lowest BCUT2D eigenvalue weighted by atomic mass is 10.2. The van der Waals surface area contributed by atoms with Gasteiger partial charge in [-0.05, 0) is 18.6 Å². The largest absolute Gasteiger partial charge is 0.466 e. The summed E-state index contributed by atoms with van der Waals surface area (Å²) in [6.07, 6.45) is 4.28. The monoisotopic (exact) mass is 252 g/mol. The minimum atomic E-state index is -0.261. The molecular weight excluding hydrogens is 236 g/mol. The first kappa shape index (κ1) is 13.6. The highest BCUT2D eigenvalue weighted by Gasteiger charge is 2.05. The maximum atomic E-state index is 11.3. The molecule has 0 saturated heterocycles. The molecule has 0 aliphatic rings. The molecule has 0 atom stereocenters. The Bertz CT molecular complexity index is 401. The summed E-state index contributed by atoms with van der Waals surface area (Å²) < 4.78 is 4.68. The molecule has 0 aliphatic heterocycles. The first-order chi connectivity index (χ1) is 8.17. The molecule has 1 aromatic rings. The quantitative estimate of drug-likeness (QED) is 0.494. The molecule has 0 fully saturated rings. The van der Waals surface area contributed by atoms with Crippen LogP contribution in [-0.2, 0) is 9.53 Å². The normalized spacial score (nSPS) is 11.3. The number of carbonyl (C=O) groups is 1. The zero-order valence-corrected chi connectivity index (χ0v) is 10.8. The summed E-state index contributed by atoms with van der Waals surface area (Å²) in [7, 11) is 1.39. The van der Waals surface area contributed by atoms with Gasteiger partial charge < -0.3 is 10.5 Å². The lowest BCUT2D eigenvalue weighted by Gasteiger charge is -2.02. The van der Waals surface area contributed by atoms with Crippen LogP contribution in [-0.4, -0.2) is 23.8 Å². The van der Waals surface area contributed by atoms with Crippen LogP contribution in [0, 0.1) is 0 Å². The van der Waals surface area contributed by atoms with Crippen LogP contribution >= 0.6 is 11.8 Å². The summed E-state index contributed by atoms with van der Waals surface area (Å²) in [6, 6.07) is 3.66. The number of rotatable bonds is 5. The van der Waals surface area contributed by atoms with Crippen molar-refractivity contribution in [2.45, 2.75) is 18.2 Å². The van der Waals surface area contributed by atoms with Crippen molar-refractivity contribution >= 4 is 23.5 Å². The number of anilines is 1. The number of thioether (sulfide) groups is 1. The smallest absolute Gasteiger partial charge is 0.333 e. The first-order valence-electron chi connectivity index (χ1n) is 5.29. The third kappa shape index (κ3) is 4.48. The molecule has 0 radical (unpaired) electrons. The van der Waals surface area contributed by atoms with Gasteiger partial charge in [-0.3, -0.25) is 0 Å². The third-order valence-corrected chi connectivity index (χ3v) is 3.08. The topological polar surface area (TPSA) is 65.2 Å². The van der Waals surface area contributed by atoms with Gasteiger partial charge in [0.1, 0.15) is 5.82 Å². The highest BCUT2D eigenvalue weighted by Crippen LogP contribution is 2.18. The number of pyridine rings is 1. The molecule has 0 aromatic carbocycles. The number of ether oxygens (including phenoxy) is 1. The van der Waals surface area contributed by atoms with E-state index < -0.39 is 0 Å². The molecule has 0 amide bonds. The Morgan fingerprint density at radius 2 is 2.35 bits per heavy atom. The zero-order chi connectivity index (χ0) is 12.7. The van der Waals surface area contributed by atoms with E-state index in [0.717, 1.165) is 4.90 Å². The number of methoxy groups -OCH3 is 1. The predicted molar refractivity (Wildman–Crippen MR) is 69.8 cm³/mol. The molecular formula is C12H16N2O2S. The fourth-order valence-electron chi connectivity index (χ4n) is 1.22. The van der Waals surface area contributed by atoms with Crippen LogP contribution < -0.4 is 5.73 Å². The molecule has 17 heavy (non-hydrogen) atoms. The lowest BCUT2D eigenvalue weighted by Crippen LogP contribution is -2.04. The molecule has 2 N–H and O–H groups in total. The number of carbonyl (C=O) groups excluding carboxylic acids is 1. The van der Waals surface area contributed by atoms with Gasteiger partial charge in [-0.2, -0.15) is 0 Å². The molecule has 1 rings (SSSR count). The van der Waals surface area contributed by atoms with Crippen molar-refractivity contribution in [3.8, 4) is 0 Å². The van der Waals surface area contributed by atoms with E-state index in [4.69, 9.17) is 5.73 Å². The summed E-state index contributed by atoms with van der Waals surface area (Å²) in [5.74, 6) is 0.960. The van der Waals surface area contributed by atoms with E-state index in [9.17, 15) is 4.79 Å². The van der Waals surface area contributed by atoms with Crippen molar-refractivity contribution in [3.63, 3.8) is 0 Å². The number of aromatic nitrogens is 1.